The number of benzene rings is 2. The molecule has 1 aliphatic heterocycles. The minimum atomic E-state index is -0.467. The molecule has 0 radical (unpaired) electrons. The van der Waals surface area contributed by atoms with E-state index in [1.165, 1.54) is 6.07 Å². The molecule has 3 N–H and O–H groups in total. The second-order valence-corrected chi connectivity index (χ2v) is 8.21. The average molecular weight is 456 g/mol. The fraction of sp³-hybridized carbons (Fsp3) is 0.333. The number of aromatic nitrogens is 2. The van der Waals surface area contributed by atoms with Gasteiger partial charge in [0.1, 0.15) is 22.9 Å². The van der Waals surface area contributed by atoms with Crippen molar-refractivity contribution in [2.24, 2.45) is 0 Å². The first-order valence-electron chi connectivity index (χ1n) is 10.8. The molecule has 0 aliphatic carbocycles. The number of hydrogen-bond acceptors (Lipinski definition) is 5. The Labute approximate surface area is 191 Å². The van der Waals surface area contributed by atoms with Crippen molar-refractivity contribution in [3.05, 3.63) is 64.3 Å². The zero-order valence-corrected chi connectivity index (χ0v) is 18.6. The second-order valence-electron chi connectivity index (χ2n) is 7.77. The lowest BCUT2D eigenvalue weighted by molar-refractivity contribution is 0.0706. The van der Waals surface area contributed by atoms with Gasteiger partial charge < -0.3 is 19.8 Å². The summed E-state index contributed by atoms with van der Waals surface area (Å²) in [6.07, 6.45) is 3.27. The fourth-order valence-corrected chi connectivity index (χ4v) is 4.25. The number of unbranched alkanes of at least 4 members (excludes halogenated alkanes) is 2. The number of halogens is 1. The van der Waals surface area contributed by atoms with Crippen molar-refractivity contribution in [1.29, 1.82) is 0 Å². The summed E-state index contributed by atoms with van der Waals surface area (Å²) >= 11 is 6.15. The largest absolute Gasteiger partial charge is 0.507 e. The Bertz CT molecular complexity index is 1100. The molecular weight excluding hydrogens is 430 g/mol. The predicted octanol–water partition coefficient (Wildman–Crippen LogP) is 4.54. The van der Waals surface area contributed by atoms with Gasteiger partial charge in [-0.2, -0.15) is 5.10 Å². The number of aromatic amines is 1. The number of H-pyrrole nitrogens is 1. The van der Waals surface area contributed by atoms with Gasteiger partial charge in [0.25, 0.3) is 5.91 Å². The number of ether oxygens (including phenoxy) is 1. The van der Waals surface area contributed by atoms with E-state index in [0.717, 1.165) is 30.6 Å². The van der Waals surface area contributed by atoms with Gasteiger partial charge in [0, 0.05) is 22.7 Å². The first kappa shape index (κ1) is 22.2. The molecule has 0 spiro atoms. The zero-order chi connectivity index (χ0) is 22.7. The van der Waals surface area contributed by atoms with Crippen LogP contribution in [0.1, 0.15) is 53.8 Å². The van der Waals surface area contributed by atoms with Gasteiger partial charge in [-0.3, -0.25) is 9.89 Å². The summed E-state index contributed by atoms with van der Waals surface area (Å²) in [5.74, 6) is 0.536. The molecular formula is C24H26ClN3O4. The predicted molar refractivity (Wildman–Crippen MR) is 122 cm³/mol. The monoisotopic (exact) mass is 455 g/mol. The van der Waals surface area contributed by atoms with E-state index < -0.39 is 6.04 Å². The van der Waals surface area contributed by atoms with Gasteiger partial charge in [-0.15, -0.1) is 0 Å². The smallest absolute Gasteiger partial charge is 0.273 e. The molecule has 32 heavy (non-hydrogen) atoms. The van der Waals surface area contributed by atoms with Crippen molar-refractivity contribution in [2.45, 2.75) is 32.2 Å². The Kier molecular flexibility index (Phi) is 6.67. The summed E-state index contributed by atoms with van der Waals surface area (Å²) < 4.78 is 5.81. The molecule has 7 nitrogen and oxygen atoms in total. The quantitative estimate of drug-likeness (QED) is 0.411. The zero-order valence-electron chi connectivity index (χ0n) is 17.8. The van der Waals surface area contributed by atoms with Crippen LogP contribution in [0.5, 0.6) is 11.5 Å². The standard InChI is InChI=1S/C24H26ClN3O4/c1-2-3-4-13-32-17-8-5-15(6-9-17)23-20-21(18-14-16(25)7-10-19(18)30)26-27-22(20)24(31)28(23)11-12-29/h5-10,14,23,29-30H,2-4,11-13H2,1H3,(H,26,27). The van der Waals surface area contributed by atoms with Crippen LogP contribution in [-0.2, 0) is 0 Å². The maximum Gasteiger partial charge on any atom is 0.273 e. The van der Waals surface area contributed by atoms with Crippen molar-refractivity contribution in [3.63, 3.8) is 0 Å². The average Bonchev–Trinajstić information content (AvgIpc) is 3.33. The Hall–Kier alpha value is -3.03. The van der Waals surface area contributed by atoms with Crippen molar-refractivity contribution in [2.75, 3.05) is 19.8 Å². The highest BCUT2D eigenvalue weighted by Crippen LogP contribution is 2.44. The molecule has 0 fully saturated rings. The third-order valence-corrected chi connectivity index (χ3v) is 5.87. The molecule has 2 heterocycles. The van der Waals surface area contributed by atoms with Gasteiger partial charge in [0.15, 0.2) is 0 Å². The molecule has 168 valence electrons. The van der Waals surface area contributed by atoms with E-state index >= 15 is 0 Å². The number of nitrogens with one attached hydrogen (secondary N) is 1. The normalized spacial score (nSPS) is 15.3. The number of fused-ring (bicyclic) bond motifs is 1. The van der Waals surface area contributed by atoms with Crippen molar-refractivity contribution in [1.82, 2.24) is 15.1 Å². The Morgan fingerprint density at radius 3 is 2.69 bits per heavy atom. The summed E-state index contributed by atoms with van der Waals surface area (Å²) in [4.78, 5) is 14.7. The van der Waals surface area contributed by atoms with E-state index in [1.807, 2.05) is 24.3 Å². The van der Waals surface area contributed by atoms with Gasteiger partial charge in [-0.05, 0) is 42.3 Å². The molecule has 1 aromatic heterocycles. The number of nitrogens with zero attached hydrogens (tertiary/aromatic N) is 2. The molecule has 0 saturated carbocycles. The summed E-state index contributed by atoms with van der Waals surface area (Å²) in [5.41, 5.74) is 2.75. The number of aliphatic hydroxyl groups is 1. The number of rotatable bonds is 9. The van der Waals surface area contributed by atoms with Crippen LogP contribution in [0.15, 0.2) is 42.5 Å². The van der Waals surface area contributed by atoms with E-state index in [0.29, 0.717) is 34.1 Å². The Balaban J connectivity index is 1.71. The van der Waals surface area contributed by atoms with Crippen LogP contribution >= 0.6 is 11.6 Å². The third-order valence-electron chi connectivity index (χ3n) is 5.63. The van der Waals surface area contributed by atoms with Crippen LogP contribution in [0, 0.1) is 0 Å². The van der Waals surface area contributed by atoms with E-state index in [1.54, 1.807) is 17.0 Å². The van der Waals surface area contributed by atoms with Crippen molar-refractivity contribution < 1.29 is 19.7 Å². The lowest BCUT2D eigenvalue weighted by Crippen LogP contribution is -2.32. The van der Waals surface area contributed by atoms with E-state index in [4.69, 9.17) is 16.3 Å². The molecule has 4 rings (SSSR count). The van der Waals surface area contributed by atoms with E-state index in [-0.39, 0.29) is 24.8 Å². The van der Waals surface area contributed by atoms with Gasteiger partial charge in [0.05, 0.1) is 19.3 Å². The fourth-order valence-electron chi connectivity index (χ4n) is 4.07. The highest BCUT2D eigenvalue weighted by Gasteiger charge is 2.42. The summed E-state index contributed by atoms with van der Waals surface area (Å²) in [6.45, 7) is 2.81. The minimum Gasteiger partial charge on any atom is -0.507 e. The van der Waals surface area contributed by atoms with Crippen LogP contribution in [0.2, 0.25) is 5.02 Å². The first-order valence-corrected chi connectivity index (χ1v) is 11.1. The number of aromatic hydroxyl groups is 1. The second kappa shape index (κ2) is 9.63. The summed E-state index contributed by atoms with van der Waals surface area (Å²) in [7, 11) is 0. The van der Waals surface area contributed by atoms with Crippen LogP contribution in [0.25, 0.3) is 11.3 Å². The molecule has 1 atom stereocenters. The number of phenolic OH excluding ortho intramolecular Hbond substituents is 1. The SMILES string of the molecule is CCCCCOc1ccc(C2c3c(-c4cc(Cl)ccc4O)n[nH]c3C(=O)N2CCO)cc1. The van der Waals surface area contributed by atoms with Gasteiger partial charge >= 0.3 is 0 Å². The van der Waals surface area contributed by atoms with Gasteiger partial charge in [-0.1, -0.05) is 43.5 Å². The number of aliphatic hydroxyl groups excluding tert-OH is 1. The third kappa shape index (κ3) is 4.18. The molecule has 1 unspecified atom stereocenters. The highest BCUT2D eigenvalue weighted by molar-refractivity contribution is 6.31. The Morgan fingerprint density at radius 1 is 1.19 bits per heavy atom. The lowest BCUT2D eigenvalue weighted by atomic mass is 9.95. The maximum atomic E-state index is 13.1. The summed E-state index contributed by atoms with van der Waals surface area (Å²) in [6, 6.07) is 11.9. The number of β-amino-alcohol motifs (C(OH)–C–C–N with tert-alkyl or cyclic N) is 1. The molecule has 1 amide bonds. The number of phenols is 1. The van der Waals surface area contributed by atoms with Crippen LogP contribution in [-0.4, -0.2) is 51.0 Å². The van der Waals surface area contributed by atoms with E-state index in [9.17, 15) is 15.0 Å². The molecule has 3 aromatic rings. The highest BCUT2D eigenvalue weighted by atomic mass is 35.5. The molecule has 0 bridgehead atoms. The summed E-state index contributed by atoms with van der Waals surface area (Å²) in [5, 5.41) is 27.6. The molecule has 8 heteroatoms. The van der Waals surface area contributed by atoms with Crippen molar-refractivity contribution >= 4 is 17.5 Å². The van der Waals surface area contributed by atoms with Crippen molar-refractivity contribution in [3.8, 4) is 22.8 Å². The van der Waals surface area contributed by atoms with Gasteiger partial charge in [-0.25, -0.2) is 0 Å². The number of hydrogen-bond donors (Lipinski definition) is 3. The number of amides is 1. The number of carbonyl (C=O) groups is 1. The van der Waals surface area contributed by atoms with Crippen LogP contribution < -0.4 is 4.74 Å². The van der Waals surface area contributed by atoms with Crippen LogP contribution in [0.3, 0.4) is 0 Å². The molecule has 1 aliphatic rings. The van der Waals surface area contributed by atoms with Crippen LogP contribution in [0.4, 0.5) is 0 Å². The minimum absolute atomic E-state index is 0.0198. The number of carbonyl (C=O) groups excluding carboxylic acids is 1. The topological polar surface area (TPSA) is 98.7 Å². The lowest BCUT2D eigenvalue weighted by Gasteiger charge is -2.26. The first-order chi connectivity index (χ1) is 15.5. The molecule has 2 aromatic carbocycles. The molecule has 0 saturated heterocycles. The van der Waals surface area contributed by atoms with Gasteiger partial charge in [0.2, 0.25) is 0 Å². The Morgan fingerprint density at radius 2 is 1.97 bits per heavy atom. The van der Waals surface area contributed by atoms with E-state index in [2.05, 4.69) is 17.1 Å². The maximum absolute atomic E-state index is 13.1.